The van der Waals surface area contributed by atoms with Crippen LogP contribution in [-0.4, -0.2) is 44.4 Å². The Kier molecular flexibility index (Phi) is 8.03. The molecule has 1 aromatic rings. The third kappa shape index (κ3) is 9.67. The van der Waals surface area contributed by atoms with Crippen LogP contribution in [0.2, 0.25) is 0 Å². The number of urea groups is 1. The number of rotatable bonds is 8. The number of ether oxygens (including phenoxy) is 1. The molecular weight excluding hydrogens is 327 g/mol. The Balaban J connectivity index is 2.10. The van der Waals surface area contributed by atoms with Crippen LogP contribution in [0.4, 0.5) is 23.7 Å². The second-order valence-corrected chi connectivity index (χ2v) is 5.05. The first-order valence-corrected chi connectivity index (χ1v) is 7.29. The summed E-state index contributed by atoms with van der Waals surface area (Å²) in [5, 5.41) is 7.43. The maximum absolute atomic E-state index is 11.8. The first kappa shape index (κ1) is 19.8. The van der Waals surface area contributed by atoms with Gasteiger partial charge in [-0.05, 0) is 31.0 Å². The molecule has 0 bridgehead atoms. The Labute approximate surface area is 137 Å². The third-order valence-corrected chi connectivity index (χ3v) is 2.74. The minimum atomic E-state index is -4.35. The highest BCUT2D eigenvalue weighted by molar-refractivity contribution is 5.92. The van der Waals surface area contributed by atoms with Gasteiger partial charge in [-0.25, -0.2) is 4.79 Å². The van der Waals surface area contributed by atoms with E-state index >= 15 is 0 Å². The van der Waals surface area contributed by atoms with Crippen molar-refractivity contribution in [1.82, 2.24) is 10.6 Å². The van der Waals surface area contributed by atoms with Crippen LogP contribution in [0.1, 0.15) is 12.0 Å². The van der Waals surface area contributed by atoms with E-state index in [-0.39, 0.29) is 26.1 Å². The van der Waals surface area contributed by atoms with Gasteiger partial charge in [-0.2, -0.15) is 13.2 Å². The maximum Gasteiger partial charge on any atom is 0.411 e. The van der Waals surface area contributed by atoms with E-state index < -0.39 is 24.7 Å². The molecule has 0 heterocycles. The van der Waals surface area contributed by atoms with Crippen molar-refractivity contribution in [3.05, 3.63) is 29.8 Å². The Morgan fingerprint density at radius 3 is 2.62 bits per heavy atom. The molecule has 9 heteroatoms. The summed E-state index contributed by atoms with van der Waals surface area (Å²) in [4.78, 5) is 23.1. The molecule has 0 atom stereocenters. The fourth-order valence-corrected chi connectivity index (χ4v) is 1.71. The lowest BCUT2D eigenvalue weighted by Crippen LogP contribution is -2.39. The fourth-order valence-electron chi connectivity index (χ4n) is 1.71. The zero-order valence-corrected chi connectivity index (χ0v) is 13.2. The summed E-state index contributed by atoms with van der Waals surface area (Å²) in [5.74, 6) is -0.440. The summed E-state index contributed by atoms with van der Waals surface area (Å²) in [6, 6.07) is 6.64. The molecule has 0 saturated carbocycles. The van der Waals surface area contributed by atoms with E-state index in [4.69, 9.17) is 0 Å². The molecule has 0 aromatic heterocycles. The number of carbonyl (C=O) groups excluding carboxylic acids is 2. The molecule has 3 N–H and O–H groups in total. The standard InChI is InChI=1S/C15H20F3N3O3/c1-11-4-2-5-12(8-11)21-14(23)20-9-13(22)19-6-3-7-24-10-15(16,17)18/h2,4-5,8H,3,6-7,9-10H2,1H3,(H,19,22)(H2,20,21,23). The molecule has 1 rings (SSSR count). The van der Waals surface area contributed by atoms with Crippen molar-refractivity contribution in [3.63, 3.8) is 0 Å². The molecule has 24 heavy (non-hydrogen) atoms. The molecule has 6 nitrogen and oxygen atoms in total. The number of hydrogen-bond donors (Lipinski definition) is 3. The molecule has 0 unspecified atom stereocenters. The van der Waals surface area contributed by atoms with Gasteiger partial charge in [-0.15, -0.1) is 0 Å². The quantitative estimate of drug-likeness (QED) is 0.631. The molecule has 0 aliphatic rings. The van der Waals surface area contributed by atoms with E-state index in [1.165, 1.54) is 0 Å². The van der Waals surface area contributed by atoms with Crippen molar-refractivity contribution in [2.24, 2.45) is 0 Å². The van der Waals surface area contributed by atoms with Crippen LogP contribution in [-0.2, 0) is 9.53 Å². The molecule has 0 saturated heterocycles. The summed E-state index contributed by atoms with van der Waals surface area (Å²) in [7, 11) is 0. The molecule has 3 amide bonds. The van der Waals surface area contributed by atoms with Gasteiger partial charge in [0.25, 0.3) is 0 Å². The number of hydrogen-bond acceptors (Lipinski definition) is 3. The van der Waals surface area contributed by atoms with Gasteiger partial charge >= 0.3 is 12.2 Å². The van der Waals surface area contributed by atoms with Gasteiger partial charge in [0.2, 0.25) is 5.91 Å². The second kappa shape index (κ2) is 9.76. The summed E-state index contributed by atoms with van der Waals surface area (Å²) in [5.41, 5.74) is 1.59. The van der Waals surface area contributed by atoms with Crippen molar-refractivity contribution in [2.45, 2.75) is 19.5 Å². The van der Waals surface area contributed by atoms with Crippen LogP contribution in [0.15, 0.2) is 24.3 Å². The number of nitrogens with one attached hydrogen (secondary N) is 3. The topological polar surface area (TPSA) is 79.5 Å². The van der Waals surface area contributed by atoms with Crippen molar-refractivity contribution < 1.29 is 27.5 Å². The van der Waals surface area contributed by atoms with E-state index in [2.05, 4.69) is 20.7 Å². The lowest BCUT2D eigenvalue weighted by atomic mass is 10.2. The number of aryl methyl sites for hydroxylation is 1. The Bertz CT molecular complexity index is 550. The van der Waals surface area contributed by atoms with Crippen LogP contribution >= 0.6 is 0 Å². The van der Waals surface area contributed by atoms with Gasteiger partial charge < -0.3 is 20.7 Å². The molecule has 0 aliphatic heterocycles. The van der Waals surface area contributed by atoms with Crippen molar-refractivity contribution in [3.8, 4) is 0 Å². The SMILES string of the molecule is Cc1cccc(NC(=O)NCC(=O)NCCCOCC(F)(F)F)c1. The van der Waals surface area contributed by atoms with Gasteiger partial charge in [-0.3, -0.25) is 4.79 Å². The number of carbonyl (C=O) groups is 2. The Hall–Kier alpha value is -2.29. The maximum atomic E-state index is 11.8. The van der Waals surface area contributed by atoms with Crippen LogP contribution in [0, 0.1) is 6.92 Å². The lowest BCUT2D eigenvalue weighted by molar-refractivity contribution is -0.174. The van der Waals surface area contributed by atoms with Gasteiger partial charge in [-0.1, -0.05) is 12.1 Å². The first-order valence-electron chi connectivity index (χ1n) is 7.29. The number of anilines is 1. The zero-order valence-electron chi connectivity index (χ0n) is 13.2. The molecule has 134 valence electrons. The predicted molar refractivity (Wildman–Crippen MR) is 82.7 cm³/mol. The van der Waals surface area contributed by atoms with E-state index in [1.807, 2.05) is 13.0 Å². The third-order valence-electron chi connectivity index (χ3n) is 2.74. The van der Waals surface area contributed by atoms with Crippen LogP contribution in [0.5, 0.6) is 0 Å². The van der Waals surface area contributed by atoms with E-state index in [9.17, 15) is 22.8 Å². The lowest BCUT2D eigenvalue weighted by Gasteiger charge is -2.09. The molecule has 0 radical (unpaired) electrons. The highest BCUT2D eigenvalue weighted by Gasteiger charge is 2.27. The van der Waals surface area contributed by atoms with E-state index in [1.54, 1.807) is 18.2 Å². The monoisotopic (exact) mass is 347 g/mol. The average molecular weight is 347 g/mol. The minimum Gasteiger partial charge on any atom is -0.372 e. The van der Waals surface area contributed by atoms with Gasteiger partial charge in [0.1, 0.15) is 6.61 Å². The molecule has 0 aliphatic carbocycles. The van der Waals surface area contributed by atoms with Crippen molar-refractivity contribution >= 4 is 17.6 Å². The number of halogens is 3. The Morgan fingerprint density at radius 1 is 1.21 bits per heavy atom. The summed E-state index contributed by atoms with van der Waals surface area (Å²) < 4.78 is 39.8. The smallest absolute Gasteiger partial charge is 0.372 e. The summed E-state index contributed by atoms with van der Waals surface area (Å²) >= 11 is 0. The molecule has 0 spiro atoms. The normalized spacial score (nSPS) is 11.0. The van der Waals surface area contributed by atoms with Gasteiger partial charge in [0, 0.05) is 18.8 Å². The van der Waals surface area contributed by atoms with Crippen LogP contribution in [0.25, 0.3) is 0 Å². The molecule has 1 aromatic carbocycles. The van der Waals surface area contributed by atoms with Crippen LogP contribution < -0.4 is 16.0 Å². The fraction of sp³-hybridized carbons (Fsp3) is 0.467. The van der Waals surface area contributed by atoms with Gasteiger partial charge in [0.15, 0.2) is 0 Å². The number of amides is 3. The average Bonchev–Trinajstić information content (AvgIpc) is 2.47. The second-order valence-electron chi connectivity index (χ2n) is 5.05. The van der Waals surface area contributed by atoms with Crippen molar-refractivity contribution in [1.29, 1.82) is 0 Å². The summed E-state index contributed by atoms with van der Waals surface area (Å²) in [6.45, 7) is 0.399. The van der Waals surface area contributed by atoms with E-state index in [0.717, 1.165) is 5.56 Å². The predicted octanol–water partition coefficient (Wildman–Crippen LogP) is 2.20. The number of benzene rings is 1. The Morgan fingerprint density at radius 2 is 1.96 bits per heavy atom. The highest BCUT2D eigenvalue weighted by Crippen LogP contribution is 2.14. The van der Waals surface area contributed by atoms with E-state index in [0.29, 0.717) is 5.69 Å². The summed E-state index contributed by atoms with van der Waals surface area (Å²) in [6.07, 6.45) is -4.10. The largest absolute Gasteiger partial charge is 0.411 e. The van der Waals surface area contributed by atoms with Gasteiger partial charge in [0.05, 0.1) is 6.54 Å². The minimum absolute atomic E-state index is 0.110. The van der Waals surface area contributed by atoms with Crippen LogP contribution in [0.3, 0.4) is 0 Å². The van der Waals surface area contributed by atoms with Crippen molar-refractivity contribution in [2.75, 3.05) is 31.6 Å². The first-order chi connectivity index (χ1) is 11.3. The molecular formula is C15H20F3N3O3. The zero-order chi connectivity index (χ0) is 18.0. The molecule has 0 fully saturated rings. The highest BCUT2D eigenvalue weighted by atomic mass is 19.4. The number of alkyl halides is 3.